The van der Waals surface area contributed by atoms with E-state index < -0.39 is 0 Å². The highest BCUT2D eigenvalue weighted by atomic mass is 16.5. The Morgan fingerprint density at radius 2 is 2.18 bits per heavy atom. The topological polar surface area (TPSA) is 88.8 Å². The molecular weight excluding hydrogens is 282 g/mol. The fourth-order valence-electron chi connectivity index (χ4n) is 2.57. The number of azo groups is 1. The predicted molar refractivity (Wildman–Crippen MR) is 86.9 cm³/mol. The van der Waals surface area contributed by atoms with Crippen molar-refractivity contribution in [3.05, 3.63) is 46.1 Å². The molecule has 120 valence electrons. The van der Waals surface area contributed by atoms with E-state index in [0.717, 1.165) is 36.9 Å². The average Bonchev–Trinajstić information content (AvgIpc) is 2.93. The Hall–Kier alpha value is -2.12. The minimum Gasteiger partial charge on any atom is -0.761 e. The fraction of sp³-hybridized carbons (Fsp3) is 0.467. The number of nitrogens with one attached hydrogen (secondary N) is 2. The predicted octanol–water partition coefficient (Wildman–Crippen LogP) is 2.30. The van der Waals surface area contributed by atoms with Crippen LogP contribution in [0.25, 0.3) is 0 Å². The minimum atomic E-state index is 0.250. The molecule has 0 spiro atoms. The van der Waals surface area contributed by atoms with Gasteiger partial charge in [-0.25, -0.2) is 0 Å². The van der Waals surface area contributed by atoms with Crippen molar-refractivity contribution in [2.24, 2.45) is 5.11 Å². The van der Waals surface area contributed by atoms with E-state index in [-0.39, 0.29) is 11.5 Å². The van der Waals surface area contributed by atoms with Crippen LogP contribution in [0.2, 0.25) is 0 Å². The summed E-state index contributed by atoms with van der Waals surface area (Å²) in [6, 6.07) is 3.53. The van der Waals surface area contributed by atoms with Gasteiger partial charge in [-0.1, -0.05) is 12.6 Å². The molecular formula is C15H22N5O2-. The molecule has 0 bridgehead atoms. The second kappa shape index (κ2) is 7.24. The van der Waals surface area contributed by atoms with Crippen molar-refractivity contribution in [2.75, 3.05) is 32.7 Å². The second-order valence-electron chi connectivity index (χ2n) is 5.60. The molecule has 7 heteroatoms. The Morgan fingerprint density at radius 3 is 2.86 bits per heavy atom. The fourth-order valence-corrected chi connectivity index (χ4v) is 2.57. The number of benzene rings is 1. The molecule has 1 aliphatic carbocycles. The Labute approximate surface area is 130 Å². The third kappa shape index (κ3) is 3.75. The maximum atomic E-state index is 12.4. The maximum Gasteiger partial charge on any atom is 0.270 e. The largest absolute Gasteiger partial charge is 0.761 e. The first-order valence-electron chi connectivity index (χ1n) is 7.32. The molecule has 0 aromatic heterocycles. The van der Waals surface area contributed by atoms with Crippen molar-refractivity contribution in [2.45, 2.75) is 19.3 Å². The molecule has 0 unspecified atom stereocenters. The molecule has 2 N–H and O–H groups in total. The van der Waals surface area contributed by atoms with Crippen LogP contribution >= 0.6 is 0 Å². The standard InChI is InChI=1S/C15H22N5O2/c1-11(16-9-10-19(2)3)17-20(22)15-13-6-4-5-12(13)7-8-14(15)18-21/h7-8,16,18H,1,4-6,9-10H2,2-3H3/q-1/b20-17+. The van der Waals surface area contributed by atoms with Gasteiger partial charge in [0, 0.05) is 23.8 Å². The third-order valence-corrected chi connectivity index (χ3v) is 3.65. The van der Waals surface area contributed by atoms with Crippen LogP contribution in [0.1, 0.15) is 17.5 Å². The van der Waals surface area contributed by atoms with Crippen LogP contribution in [0.3, 0.4) is 0 Å². The summed E-state index contributed by atoms with van der Waals surface area (Å²) in [6.45, 7) is 5.18. The normalized spacial score (nSPS) is 14.1. The zero-order valence-corrected chi connectivity index (χ0v) is 13.1. The molecule has 0 amide bonds. The molecule has 1 aliphatic rings. The first kappa shape index (κ1) is 16.3. The van der Waals surface area contributed by atoms with E-state index in [4.69, 9.17) is 0 Å². The average molecular weight is 304 g/mol. The van der Waals surface area contributed by atoms with Crippen molar-refractivity contribution >= 4 is 11.4 Å². The molecule has 7 nitrogen and oxygen atoms in total. The van der Waals surface area contributed by atoms with Gasteiger partial charge in [0.25, 0.3) is 5.69 Å². The van der Waals surface area contributed by atoms with E-state index in [1.54, 1.807) is 6.07 Å². The number of hydrogen-bond acceptors (Lipinski definition) is 6. The zero-order valence-electron chi connectivity index (χ0n) is 13.1. The van der Waals surface area contributed by atoms with Gasteiger partial charge in [-0.3, -0.25) is 0 Å². The Kier molecular flexibility index (Phi) is 5.35. The molecule has 0 fully saturated rings. The van der Waals surface area contributed by atoms with Crippen molar-refractivity contribution in [3.63, 3.8) is 0 Å². The number of fused-ring (bicyclic) bond motifs is 1. The number of hydrogen-bond donors (Lipinski definition) is 2. The van der Waals surface area contributed by atoms with E-state index in [9.17, 15) is 10.4 Å². The summed E-state index contributed by atoms with van der Waals surface area (Å²) in [5.74, 6) is 0.282. The lowest BCUT2D eigenvalue weighted by Gasteiger charge is -2.15. The first-order valence-corrected chi connectivity index (χ1v) is 7.32. The number of likely N-dealkylation sites (N-methyl/N-ethyl adjacent to an activating group) is 1. The van der Waals surface area contributed by atoms with Crippen LogP contribution in [-0.2, 0) is 12.8 Å². The molecule has 0 radical (unpaired) electrons. The summed E-state index contributed by atoms with van der Waals surface area (Å²) in [6.07, 6.45) is 2.70. The SMILES string of the molecule is C=C(/N=[N+](/[O-])c1c(N[O-])ccc2c1CCC2)NCCN(C)C. The maximum absolute atomic E-state index is 12.4. The molecule has 0 saturated carbocycles. The zero-order chi connectivity index (χ0) is 16.1. The van der Waals surface area contributed by atoms with Gasteiger partial charge in [0.1, 0.15) is 5.69 Å². The van der Waals surface area contributed by atoms with Gasteiger partial charge in [0.2, 0.25) is 0 Å². The van der Waals surface area contributed by atoms with Crippen molar-refractivity contribution < 1.29 is 4.86 Å². The van der Waals surface area contributed by atoms with Crippen molar-refractivity contribution in [1.82, 2.24) is 10.2 Å². The van der Waals surface area contributed by atoms with Gasteiger partial charge in [-0.2, -0.15) is 0 Å². The summed E-state index contributed by atoms with van der Waals surface area (Å²) in [7, 11) is 3.92. The van der Waals surface area contributed by atoms with Crippen LogP contribution in [0, 0.1) is 10.4 Å². The lowest BCUT2D eigenvalue weighted by Crippen LogP contribution is -2.25. The lowest BCUT2D eigenvalue weighted by atomic mass is 10.1. The van der Waals surface area contributed by atoms with Gasteiger partial charge < -0.3 is 26.1 Å². The molecule has 22 heavy (non-hydrogen) atoms. The molecule has 0 aliphatic heterocycles. The smallest absolute Gasteiger partial charge is 0.270 e. The highest BCUT2D eigenvalue weighted by Crippen LogP contribution is 2.36. The van der Waals surface area contributed by atoms with E-state index in [2.05, 4.69) is 17.0 Å². The van der Waals surface area contributed by atoms with Crippen LogP contribution in [0.4, 0.5) is 11.4 Å². The van der Waals surface area contributed by atoms with Crippen molar-refractivity contribution in [1.29, 1.82) is 0 Å². The monoisotopic (exact) mass is 304 g/mol. The summed E-state index contributed by atoms with van der Waals surface area (Å²) >= 11 is 0. The van der Waals surface area contributed by atoms with Gasteiger partial charge >= 0.3 is 0 Å². The molecule has 1 aromatic rings. The Balaban J connectivity index is 2.18. The number of nitrogens with zero attached hydrogens (tertiary/aromatic N) is 3. The Bertz CT molecular complexity index is 584. The lowest BCUT2D eigenvalue weighted by molar-refractivity contribution is -0.438. The minimum absolute atomic E-state index is 0.250. The summed E-state index contributed by atoms with van der Waals surface area (Å²) in [5, 5.41) is 30.3. The summed E-state index contributed by atoms with van der Waals surface area (Å²) in [5.41, 5.74) is 4.40. The number of anilines is 1. The number of rotatable bonds is 7. The van der Waals surface area contributed by atoms with E-state index in [1.807, 2.05) is 30.5 Å². The Morgan fingerprint density at radius 1 is 1.41 bits per heavy atom. The second-order valence-corrected chi connectivity index (χ2v) is 5.60. The van der Waals surface area contributed by atoms with Gasteiger partial charge in [0.05, 0.1) is 0 Å². The van der Waals surface area contributed by atoms with E-state index >= 15 is 0 Å². The van der Waals surface area contributed by atoms with E-state index in [0.29, 0.717) is 17.1 Å². The molecule has 0 saturated heterocycles. The van der Waals surface area contributed by atoms with Gasteiger partial charge in [0.15, 0.2) is 5.82 Å². The first-order chi connectivity index (χ1) is 10.5. The van der Waals surface area contributed by atoms with Crippen molar-refractivity contribution in [3.8, 4) is 0 Å². The molecule has 0 atom stereocenters. The molecule has 1 aromatic carbocycles. The number of aryl methyl sites for hydroxylation is 1. The van der Waals surface area contributed by atoms with E-state index in [1.165, 1.54) is 0 Å². The van der Waals surface area contributed by atoms with Crippen LogP contribution in [-0.4, -0.2) is 36.9 Å². The highest BCUT2D eigenvalue weighted by Gasteiger charge is 2.24. The van der Waals surface area contributed by atoms with Gasteiger partial charge in [-0.05, 0) is 49.8 Å². The third-order valence-electron chi connectivity index (χ3n) is 3.65. The van der Waals surface area contributed by atoms with Crippen LogP contribution in [0.5, 0.6) is 0 Å². The van der Waals surface area contributed by atoms with Crippen LogP contribution < -0.4 is 10.8 Å². The quantitative estimate of drug-likeness (QED) is 0.458. The summed E-state index contributed by atoms with van der Waals surface area (Å²) < 4.78 is 0. The van der Waals surface area contributed by atoms with Gasteiger partial charge in [-0.15, -0.1) is 0 Å². The molecule has 2 rings (SSSR count). The molecule has 0 heterocycles. The highest BCUT2D eigenvalue weighted by molar-refractivity contribution is 5.68. The summed E-state index contributed by atoms with van der Waals surface area (Å²) in [4.78, 5) is 2.51. The van der Waals surface area contributed by atoms with Crippen LogP contribution in [0.15, 0.2) is 29.6 Å².